The molecular weight excluding hydrogens is 346 g/mol. The van der Waals surface area contributed by atoms with E-state index in [2.05, 4.69) is 5.32 Å². The molecule has 0 aliphatic carbocycles. The average Bonchev–Trinajstić information content (AvgIpc) is 2.64. The highest BCUT2D eigenvalue weighted by molar-refractivity contribution is 5.96. The molecular formula is C16H19N3O7. The summed E-state index contributed by atoms with van der Waals surface area (Å²) in [7, 11) is 0. The summed E-state index contributed by atoms with van der Waals surface area (Å²) >= 11 is 0. The Morgan fingerprint density at radius 3 is 2.88 bits per heavy atom. The highest BCUT2D eigenvalue weighted by Gasteiger charge is 2.22. The van der Waals surface area contributed by atoms with Crippen LogP contribution in [0.1, 0.15) is 17.3 Å². The van der Waals surface area contributed by atoms with Crippen molar-refractivity contribution in [3.8, 4) is 0 Å². The van der Waals surface area contributed by atoms with Crippen LogP contribution in [0.5, 0.6) is 0 Å². The van der Waals surface area contributed by atoms with E-state index in [1.807, 2.05) is 6.92 Å². The van der Waals surface area contributed by atoms with Crippen molar-refractivity contribution < 1.29 is 28.8 Å². The van der Waals surface area contributed by atoms with E-state index < -0.39 is 30.0 Å². The zero-order chi connectivity index (χ0) is 19.1. The van der Waals surface area contributed by atoms with Crippen molar-refractivity contribution in [2.45, 2.75) is 13.0 Å². The molecule has 2 rings (SSSR count). The highest BCUT2D eigenvalue weighted by atomic mass is 16.6. The number of non-ortho nitro benzene ring substituents is 1. The van der Waals surface area contributed by atoms with Crippen LogP contribution in [0, 0.1) is 10.1 Å². The summed E-state index contributed by atoms with van der Waals surface area (Å²) in [6, 6.07) is 5.11. The van der Waals surface area contributed by atoms with Crippen molar-refractivity contribution in [1.29, 1.82) is 0 Å². The zero-order valence-electron chi connectivity index (χ0n) is 14.2. The molecule has 1 saturated heterocycles. The molecule has 140 valence electrons. The molecule has 1 heterocycles. The summed E-state index contributed by atoms with van der Waals surface area (Å²) in [6.07, 6.45) is -0.0716. The smallest absolute Gasteiger partial charge is 0.325 e. The van der Waals surface area contributed by atoms with Crippen LogP contribution in [0.3, 0.4) is 0 Å². The number of nitrogens with zero attached hydrogens (tertiary/aromatic N) is 2. The van der Waals surface area contributed by atoms with Gasteiger partial charge in [0, 0.05) is 30.8 Å². The van der Waals surface area contributed by atoms with E-state index >= 15 is 0 Å². The molecule has 1 fully saturated rings. The molecule has 0 radical (unpaired) electrons. The van der Waals surface area contributed by atoms with Crippen LogP contribution in [-0.2, 0) is 19.1 Å². The Morgan fingerprint density at radius 1 is 1.42 bits per heavy atom. The van der Waals surface area contributed by atoms with Gasteiger partial charge < -0.3 is 19.7 Å². The molecule has 0 aromatic heterocycles. The van der Waals surface area contributed by atoms with Crippen LogP contribution in [-0.4, -0.2) is 66.6 Å². The molecule has 10 heteroatoms. The van der Waals surface area contributed by atoms with Gasteiger partial charge in [0.15, 0.2) is 6.61 Å². The van der Waals surface area contributed by atoms with Gasteiger partial charge in [-0.3, -0.25) is 24.5 Å². The topological polar surface area (TPSA) is 128 Å². The number of nitrogens with one attached hydrogen (secondary N) is 1. The maximum Gasteiger partial charge on any atom is 0.325 e. The standard InChI is InChI=1S/C16H19N3O7/c1-11-9-18(5-6-25-11)14(20)10-26-15(21)8-17-16(22)12-3-2-4-13(7-12)19(23)24/h2-4,7,11H,5-6,8-10H2,1H3,(H,17,22). The third kappa shape index (κ3) is 5.52. The maximum absolute atomic E-state index is 12.0. The Hall–Kier alpha value is -3.01. The summed E-state index contributed by atoms with van der Waals surface area (Å²) in [5.41, 5.74) is -0.184. The van der Waals surface area contributed by atoms with Crippen molar-refractivity contribution in [3.05, 3.63) is 39.9 Å². The summed E-state index contributed by atoms with van der Waals surface area (Å²) < 4.78 is 10.2. The molecule has 1 aromatic carbocycles. The first-order valence-electron chi connectivity index (χ1n) is 7.94. The fraction of sp³-hybridized carbons (Fsp3) is 0.438. The molecule has 0 bridgehead atoms. The van der Waals surface area contributed by atoms with Gasteiger partial charge in [0.2, 0.25) is 0 Å². The number of benzene rings is 1. The largest absolute Gasteiger partial charge is 0.454 e. The van der Waals surface area contributed by atoms with Gasteiger partial charge in [-0.15, -0.1) is 0 Å². The van der Waals surface area contributed by atoms with Gasteiger partial charge in [0.25, 0.3) is 17.5 Å². The summed E-state index contributed by atoms with van der Waals surface area (Å²) in [4.78, 5) is 47.2. The minimum Gasteiger partial charge on any atom is -0.454 e. The fourth-order valence-corrected chi connectivity index (χ4v) is 2.34. The van der Waals surface area contributed by atoms with Crippen LogP contribution in [0.4, 0.5) is 5.69 Å². The lowest BCUT2D eigenvalue weighted by atomic mass is 10.2. The quantitative estimate of drug-likeness (QED) is 0.430. The Kier molecular flexibility index (Phi) is 6.61. The highest BCUT2D eigenvalue weighted by Crippen LogP contribution is 2.12. The second-order valence-electron chi connectivity index (χ2n) is 5.67. The molecule has 26 heavy (non-hydrogen) atoms. The molecule has 0 spiro atoms. The predicted octanol–water partition coefficient (Wildman–Crippen LogP) is 0.115. The lowest BCUT2D eigenvalue weighted by Gasteiger charge is -2.30. The van der Waals surface area contributed by atoms with Gasteiger partial charge in [-0.05, 0) is 13.0 Å². The van der Waals surface area contributed by atoms with Gasteiger partial charge >= 0.3 is 5.97 Å². The minimum absolute atomic E-state index is 0.0466. The molecule has 0 saturated carbocycles. The average molecular weight is 365 g/mol. The predicted molar refractivity (Wildman–Crippen MR) is 88.4 cm³/mol. The molecule has 1 aliphatic heterocycles. The third-order valence-electron chi connectivity index (χ3n) is 3.66. The van der Waals surface area contributed by atoms with Crippen molar-refractivity contribution in [1.82, 2.24) is 10.2 Å². The van der Waals surface area contributed by atoms with Crippen molar-refractivity contribution >= 4 is 23.5 Å². The molecule has 1 unspecified atom stereocenters. The number of hydrogen-bond donors (Lipinski definition) is 1. The number of hydrogen-bond acceptors (Lipinski definition) is 7. The third-order valence-corrected chi connectivity index (χ3v) is 3.66. The van der Waals surface area contributed by atoms with Crippen LogP contribution in [0.25, 0.3) is 0 Å². The monoisotopic (exact) mass is 365 g/mol. The Labute approximate surface area is 149 Å². The van der Waals surface area contributed by atoms with E-state index in [0.717, 1.165) is 6.07 Å². The number of esters is 1. The number of amides is 2. The van der Waals surface area contributed by atoms with Gasteiger partial charge in [0.1, 0.15) is 6.54 Å². The number of rotatable bonds is 6. The lowest BCUT2D eigenvalue weighted by Crippen LogP contribution is -2.46. The molecule has 1 N–H and O–H groups in total. The number of morpholine rings is 1. The molecule has 2 amide bonds. The second kappa shape index (κ2) is 8.90. The van der Waals surface area contributed by atoms with Crippen molar-refractivity contribution in [2.24, 2.45) is 0 Å². The van der Waals surface area contributed by atoms with E-state index in [9.17, 15) is 24.5 Å². The van der Waals surface area contributed by atoms with Gasteiger partial charge in [-0.25, -0.2) is 0 Å². The van der Waals surface area contributed by atoms with Gasteiger partial charge in [0.05, 0.1) is 17.6 Å². The molecule has 10 nitrogen and oxygen atoms in total. The number of carbonyl (C=O) groups is 3. The number of ether oxygens (including phenoxy) is 2. The van der Waals surface area contributed by atoms with Crippen LogP contribution >= 0.6 is 0 Å². The van der Waals surface area contributed by atoms with Crippen molar-refractivity contribution in [3.63, 3.8) is 0 Å². The van der Waals surface area contributed by atoms with Gasteiger partial charge in [-0.1, -0.05) is 6.07 Å². The van der Waals surface area contributed by atoms with E-state index in [1.54, 1.807) is 4.90 Å². The van der Waals surface area contributed by atoms with Crippen LogP contribution in [0.2, 0.25) is 0 Å². The molecule has 1 aromatic rings. The summed E-state index contributed by atoms with van der Waals surface area (Å²) in [5, 5.41) is 13.0. The number of nitro groups is 1. The molecule has 1 atom stereocenters. The number of carbonyl (C=O) groups excluding carboxylic acids is 3. The van der Waals surface area contributed by atoms with E-state index in [4.69, 9.17) is 9.47 Å². The first-order valence-corrected chi connectivity index (χ1v) is 7.94. The van der Waals surface area contributed by atoms with E-state index in [-0.39, 0.29) is 23.3 Å². The normalized spacial score (nSPS) is 16.7. The summed E-state index contributed by atoms with van der Waals surface area (Å²) in [5.74, 6) is -1.77. The first kappa shape index (κ1) is 19.3. The van der Waals surface area contributed by atoms with Crippen molar-refractivity contribution in [2.75, 3.05) is 32.8 Å². The van der Waals surface area contributed by atoms with Gasteiger partial charge in [-0.2, -0.15) is 0 Å². The fourth-order valence-electron chi connectivity index (χ4n) is 2.34. The zero-order valence-corrected chi connectivity index (χ0v) is 14.2. The Bertz CT molecular complexity index is 707. The maximum atomic E-state index is 12.0. The van der Waals surface area contributed by atoms with Crippen LogP contribution in [0.15, 0.2) is 24.3 Å². The minimum atomic E-state index is -0.779. The number of nitro benzene ring substituents is 1. The summed E-state index contributed by atoms with van der Waals surface area (Å²) in [6.45, 7) is 2.27. The van der Waals surface area contributed by atoms with Crippen LogP contribution < -0.4 is 5.32 Å². The SMILES string of the molecule is CC1CN(C(=O)COC(=O)CNC(=O)c2cccc([N+](=O)[O-])c2)CCO1. The molecule has 1 aliphatic rings. The van der Waals surface area contributed by atoms with E-state index in [1.165, 1.54) is 18.2 Å². The first-order chi connectivity index (χ1) is 12.4. The Morgan fingerprint density at radius 2 is 2.19 bits per heavy atom. The lowest BCUT2D eigenvalue weighted by molar-refractivity contribution is -0.384. The second-order valence-corrected chi connectivity index (χ2v) is 5.67. The van der Waals surface area contributed by atoms with E-state index in [0.29, 0.717) is 19.7 Å². The Balaban J connectivity index is 1.76.